The summed E-state index contributed by atoms with van der Waals surface area (Å²) in [6.45, 7) is 5.03. The van der Waals surface area contributed by atoms with Gasteiger partial charge >= 0.3 is 0 Å². The van der Waals surface area contributed by atoms with Gasteiger partial charge in [0.2, 0.25) is 5.82 Å². The van der Waals surface area contributed by atoms with E-state index < -0.39 is 0 Å². The van der Waals surface area contributed by atoms with Gasteiger partial charge in [0.05, 0.1) is 18.7 Å². The van der Waals surface area contributed by atoms with Gasteiger partial charge in [0.15, 0.2) is 5.11 Å². The summed E-state index contributed by atoms with van der Waals surface area (Å²) < 4.78 is 11.2. The Morgan fingerprint density at radius 1 is 1.22 bits per heavy atom. The summed E-state index contributed by atoms with van der Waals surface area (Å²) in [5, 5.41) is 9.00. The molecule has 1 atom stereocenters. The van der Waals surface area contributed by atoms with Gasteiger partial charge in [0, 0.05) is 22.8 Å². The molecule has 1 unspecified atom stereocenters. The Bertz CT molecular complexity index is 1160. The van der Waals surface area contributed by atoms with Crippen molar-refractivity contribution in [2.45, 2.75) is 32.7 Å². The summed E-state index contributed by atoms with van der Waals surface area (Å²) in [7, 11) is 1.65. The molecule has 1 aromatic heterocycles. The molecule has 2 aromatic carbocycles. The van der Waals surface area contributed by atoms with Crippen molar-refractivity contribution in [1.29, 1.82) is 0 Å². The first kappa shape index (κ1) is 22.3. The second-order valence-corrected chi connectivity index (χ2v) is 8.42. The van der Waals surface area contributed by atoms with E-state index in [1.54, 1.807) is 7.11 Å². The number of allylic oxidation sites excluding steroid dienone is 1. The van der Waals surface area contributed by atoms with Gasteiger partial charge < -0.3 is 19.5 Å². The summed E-state index contributed by atoms with van der Waals surface area (Å²) in [6.07, 6.45) is 2.09. The van der Waals surface area contributed by atoms with Crippen LogP contribution in [0.3, 0.4) is 0 Å². The Morgan fingerprint density at radius 3 is 2.78 bits per heavy atom. The van der Waals surface area contributed by atoms with Crippen LogP contribution in [0.15, 0.2) is 58.8 Å². The van der Waals surface area contributed by atoms with Crippen LogP contribution in [0.25, 0.3) is 17.0 Å². The minimum Gasteiger partial charge on any atom is -0.497 e. The van der Waals surface area contributed by atoms with E-state index in [2.05, 4.69) is 29.2 Å². The molecule has 0 spiro atoms. The maximum absolute atomic E-state index is 6.15. The van der Waals surface area contributed by atoms with Crippen LogP contribution in [-0.2, 0) is 0 Å². The first-order valence-corrected chi connectivity index (χ1v) is 11.3. The maximum Gasteiger partial charge on any atom is 0.258 e. The molecular formula is C24H25ClN4O2S. The molecule has 1 aliphatic heterocycles. The first-order valence-electron chi connectivity index (χ1n) is 10.5. The third kappa shape index (κ3) is 4.49. The molecule has 6 nitrogen and oxygen atoms in total. The van der Waals surface area contributed by atoms with Crippen LogP contribution in [0.1, 0.15) is 44.2 Å². The number of methoxy groups -OCH3 is 1. The SMILES string of the molecule is CCCCN1C(=S)NC(c2cccc(OC)c2)C(c2nc(-c3cccc(Cl)c3)no2)=C1C. The van der Waals surface area contributed by atoms with E-state index >= 15 is 0 Å². The summed E-state index contributed by atoms with van der Waals surface area (Å²) in [5.41, 5.74) is 3.68. The van der Waals surface area contributed by atoms with E-state index in [-0.39, 0.29) is 6.04 Å². The van der Waals surface area contributed by atoms with E-state index in [1.807, 2.05) is 48.5 Å². The van der Waals surface area contributed by atoms with Crippen LogP contribution in [0.4, 0.5) is 0 Å². The lowest BCUT2D eigenvalue weighted by molar-refractivity contribution is 0.395. The van der Waals surface area contributed by atoms with Crippen molar-refractivity contribution in [3.8, 4) is 17.1 Å². The lowest BCUT2D eigenvalue weighted by atomic mass is 9.94. The second-order valence-electron chi connectivity index (χ2n) is 7.60. The Kier molecular flexibility index (Phi) is 6.77. The van der Waals surface area contributed by atoms with Crippen molar-refractivity contribution in [2.75, 3.05) is 13.7 Å². The molecule has 0 bridgehead atoms. The minimum atomic E-state index is -0.247. The number of rotatable bonds is 7. The normalized spacial score (nSPS) is 16.3. The van der Waals surface area contributed by atoms with Crippen molar-refractivity contribution in [3.63, 3.8) is 0 Å². The molecule has 32 heavy (non-hydrogen) atoms. The second kappa shape index (κ2) is 9.71. The van der Waals surface area contributed by atoms with Gasteiger partial charge in [-0.15, -0.1) is 0 Å². The number of hydrogen-bond donors (Lipinski definition) is 1. The zero-order chi connectivity index (χ0) is 22.7. The van der Waals surface area contributed by atoms with Gasteiger partial charge in [0.1, 0.15) is 5.75 Å². The molecule has 0 saturated carbocycles. The molecule has 0 saturated heterocycles. The summed E-state index contributed by atoms with van der Waals surface area (Å²) in [5.74, 6) is 1.70. The van der Waals surface area contributed by atoms with Gasteiger partial charge in [-0.05, 0) is 55.4 Å². The monoisotopic (exact) mass is 468 g/mol. The largest absolute Gasteiger partial charge is 0.497 e. The van der Waals surface area contributed by atoms with Gasteiger partial charge in [-0.3, -0.25) is 0 Å². The molecule has 3 aromatic rings. The lowest BCUT2D eigenvalue weighted by Crippen LogP contribution is -2.46. The van der Waals surface area contributed by atoms with Crippen LogP contribution in [-0.4, -0.2) is 33.8 Å². The molecule has 8 heteroatoms. The zero-order valence-electron chi connectivity index (χ0n) is 18.3. The standard InChI is InChI=1S/C24H25ClN4O2S/c1-4-5-12-29-15(2)20(21(26-24(29)32)16-8-7-11-19(14-16)30-3)23-27-22(28-31-23)17-9-6-10-18(25)13-17/h6-11,13-14,21H,4-5,12H2,1-3H3,(H,26,32). The fourth-order valence-electron chi connectivity index (χ4n) is 3.79. The van der Waals surface area contributed by atoms with Gasteiger partial charge in [-0.1, -0.05) is 54.4 Å². The molecular weight excluding hydrogens is 444 g/mol. The van der Waals surface area contributed by atoms with Crippen LogP contribution in [0, 0.1) is 0 Å². The summed E-state index contributed by atoms with van der Waals surface area (Å²) in [6, 6.07) is 15.1. The molecule has 2 heterocycles. The van der Waals surface area contributed by atoms with Crippen LogP contribution in [0.2, 0.25) is 5.02 Å². The highest BCUT2D eigenvalue weighted by molar-refractivity contribution is 7.80. The Hall–Kier alpha value is -2.90. The zero-order valence-corrected chi connectivity index (χ0v) is 19.8. The van der Waals surface area contributed by atoms with Crippen molar-refractivity contribution >= 4 is 34.5 Å². The third-order valence-electron chi connectivity index (χ3n) is 5.50. The van der Waals surface area contributed by atoms with Gasteiger partial charge in [-0.25, -0.2) is 0 Å². The predicted molar refractivity (Wildman–Crippen MR) is 130 cm³/mol. The number of nitrogens with zero attached hydrogens (tertiary/aromatic N) is 3. The first-order chi connectivity index (χ1) is 15.5. The number of aromatic nitrogens is 2. The molecule has 1 aliphatic rings. The Morgan fingerprint density at radius 2 is 2.03 bits per heavy atom. The summed E-state index contributed by atoms with van der Waals surface area (Å²) >= 11 is 11.9. The number of benzene rings is 2. The lowest BCUT2D eigenvalue weighted by Gasteiger charge is -2.37. The highest BCUT2D eigenvalue weighted by atomic mass is 35.5. The molecule has 4 rings (SSSR count). The average molecular weight is 469 g/mol. The number of unbranched alkanes of at least 4 members (excludes halogenated alkanes) is 1. The van der Waals surface area contributed by atoms with E-state index in [0.29, 0.717) is 21.9 Å². The van der Waals surface area contributed by atoms with Crippen LogP contribution in [0.5, 0.6) is 5.75 Å². The van der Waals surface area contributed by atoms with Gasteiger partial charge in [0.25, 0.3) is 5.89 Å². The third-order valence-corrected chi connectivity index (χ3v) is 6.07. The minimum absolute atomic E-state index is 0.247. The van der Waals surface area contributed by atoms with Crippen molar-refractivity contribution in [2.24, 2.45) is 0 Å². The quantitative estimate of drug-likeness (QED) is 0.435. The molecule has 0 amide bonds. The van der Waals surface area contributed by atoms with Crippen molar-refractivity contribution in [3.05, 3.63) is 70.7 Å². The Labute approximate surface area is 198 Å². The van der Waals surface area contributed by atoms with Crippen molar-refractivity contribution < 1.29 is 9.26 Å². The number of halogens is 1. The molecule has 0 aliphatic carbocycles. The van der Waals surface area contributed by atoms with Gasteiger partial charge in [-0.2, -0.15) is 4.98 Å². The van der Waals surface area contributed by atoms with E-state index in [1.165, 1.54) is 0 Å². The molecule has 0 fully saturated rings. The average Bonchev–Trinajstić information content (AvgIpc) is 3.28. The maximum atomic E-state index is 6.15. The fraction of sp³-hybridized carbons (Fsp3) is 0.292. The van der Waals surface area contributed by atoms with Crippen molar-refractivity contribution in [1.82, 2.24) is 20.4 Å². The Balaban J connectivity index is 1.81. The van der Waals surface area contributed by atoms with E-state index in [0.717, 1.165) is 47.5 Å². The molecule has 1 N–H and O–H groups in total. The topological polar surface area (TPSA) is 63.4 Å². The van der Waals surface area contributed by atoms with E-state index in [4.69, 9.17) is 38.1 Å². The van der Waals surface area contributed by atoms with E-state index in [9.17, 15) is 0 Å². The van der Waals surface area contributed by atoms with Crippen LogP contribution >= 0.6 is 23.8 Å². The highest BCUT2D eigenvalue weighted by Crippen LogP contribution is 2.38. The number of ether oxygens (including phenoxy) is 1. The predicted octanol–water partition coefficient (Wildman–Crippen LogP) is 5.86. The number of thiocarbonyl (C=S) groups is 1. The highest BCUT2D eigenvalue weighted by Gasteiger charge is 2.34. The summed E-state index contributed by atoms with van der Waals surface area (Å²) in [4.78, 5) is 6.82. The molecule has 0 radical (unpaired) electrons. The fourth-order valence-corrected chi connectivity index (χ4v) is 4.33. The number of hydrogen-bond acceptors (Lipinski definition) is 5. The van der Waals surface area contributed by atoms with Crippen LogP contribution < -0.4 is 10.1 Å². The number of nitrogens with one attached hydrogen (secondary N) is 1. The smallest absolute Gasteiger partial charge is 0.258 e. The molecule has 166 valence electrons.